The fraction of sp³-hybridized carbons (Fsp3) is 0.833. The lowest BCUT2D eigenvalue weighted by Crippen LogP contribution is -2.66. The Bertz CT molecular complexity index is 899. The third kappa shape index (κ3) is 3.71. The van der Waals surface area contributed by atoms with Crippen LogP contribution in [-0.4, -0.2) is 71.4 Å². The highest BCUT2D eigenvalue weighted by Gasteiger charge is 2.64. The van der Waals surface area contributed by atoms with Crippen molar-refractivity contribution in [2.75, 3.05) is 14.1 Å². The number of rotatable bonds is 7. The Morgan fingerprint density at radius 2 is 1.82 bits per heavy atom. The zero-order chi connectivity index (χ0) is 23.7. The first kappa shape index (κ1) is 22.6. The molecule has 1 aliphatic heterocycles. The van der Waals surface area contributed by atoms with Crippen LogP contribution in [0, 0.1) is 34.5 Å². The number of hydrogen-bond donors (Lipinski definition) is 2. The Kier molecular flexibility index (Phi) is 5.25. The van der Waals surface area contributed by atoms with Crippen LogP contribution < -0.4 is 11.5 Å². The van der Waals surface area contributed by atoms with Crippen LogP contribution in [0.1, 0.15) is 57.8 Å². The molecule has 33 heavy (non-hydrogen) atoms. The molecule has 0 aromatic rings. The van der Waals surface area contributed by atoms with Gasteiger partial charge in [-0.1, -0.05) is 0 Å². The molecule has 1 heterocycles. The van der Waals surface area contributed by atoms with Gasteiger partial charge in [-0.05, 0) is 88.6 Å². The van der Waals surface area contributed by atoms with Gasteiger partial charge in [-0.25, -0.2) is 0 Å². The van der Waals surface area contributed by atoms with Gasteiger partial charge in [0, 0.05) is 6.04 Å². The number of nitrogens with zero attached hydrogens (tertiary/aromatic N) is 3. The number of esters is 1. The number of amides is 2. The number of carbonyl (C=O) groups is 3. The average Bonchev–Trinajstić information content (AvgIpc) is 3.38. The smallest absolute Gasteiger partial charge is 0.324 e. The third-order valence-electron chi connectivity index (χ3n) is 9.09. The van der Waals surface area contributed by atoms with E-state index < -0.39 is 35.0 Å². The van der Waals surface area contributed by atoms with Crippen molar-refractivity contribution in [3.63, 3.8) is 0 Å². The molecule has 7 unspecified atom stereocenters. The Morgan fingerprint density at radius 3 is 2.39 bits per heavy atom. The molecule has 0 aromatic heterocycles. The maximum Gasteiger partial charge on any atom is 0.324 e. The highest BCUT2D eigenvalue weighted by molar-refractivity contribution is 5.85. The third-order valence-corrected chi connectivity index (χ3v) is 9.09. The lowest BCUT2D eigenvalue weighted by molar-refractivity contribution is -0.209. The number of carbonyl (C=O) groups excluding carboxylic acids is 3. The molecule has 4 bridgehead atoms. The molecule has 6 rings (SSSR count). The number of primary amides is 1. The van der Waals surface area contributed by atoms with Crippen LogP contribution >= 0.6 is 0 Å². The van der Waals surface area contributed by atoms with Crippen molar-refractivity contribution >= 4 is 17.8 Å². The van der Waals surface area contributed by atoms with Crippen LogP contribution in [0.4, 0.5) is 0 Å². The fourth-order valence-corrected chi connectivity index (χ4v) is 7.99. The van der Waals surface area contributed by atoms with Crippen molar-refractivity contribution in [1.29, 1.82) is 5.26 Å². The summed E-state index contributed by atoms with van der Waals surface area (Å²) in [6, 6.07) is 0.676. The van der Waals surface area contributed by atoms with Gasteiger partial charge in [-0.3, -0.25) is 19.3 Å². The van der Waals surface area contributed by atoms with E-state index in [9.17, 15) is 19.6 Å². The summed E-state index contributed by atoms with van der Waals surface area (Å²) in [4.78, 5) is 41.7. The van der Waals surface area contributed by atoms with E-state index in [2.05, 4.69) is 6.07 Å². The number of nitriles is 1. The molecule has 0 radical (unpaired) electrons. The van der Waals surface area contributed by atoms with E-state index in [-0.39, 0.29) is 24.4 Å². The Morgan fingerprint density at radius 1 is 1.15 bits per heavy atom. The lowest BCUT2D eigenvalue weighted by atomic mass is 9.46. The van der Waals surface area contributed by atoms with Gasteiger partial charge in [-0.2, -0.15) is 5.26 Å². The molecule has 9 nitrogen and oxygen atoms in total. The van der Waals surface area contributed by atoms with E-state index in [1.54, 1.807) is 23.9 Å². The van der Waals surface area contributed by atoms with E-state index in [0.29, 0.717) is 24.2 Å². The number of nitrogens with two attached hydrogens (primary N) is 2. The normalized spacial score (nSPS) is 41.9. The van der Waals surface area contributed by atoms with Crippen LogP contribution in [0.15, 0.2) is 0 Å². The minimum Gasteiger partial charge on any atom is -0.458 e. The molecule has 0 spiro atoms. The molecule has 7 atom stereocenters. The highest BCUT2D eigenvalue weighted by Crippen LogP contribution is 2.64. The predicted octanol–water partition coefficient (Wildman–Crippen LogP) is 0.514. The van der Waals surface area contributed by atoms with Gasteiger partial charge in [0.2, 0.25) is 11.8 Å². The second-order valence-corrected chi connectivity index (χ2v) is 11.7. The standard InChI is InChI=1S/C24H35N5O4/c1-28(2)18(6-19(26)30)22(32)33-24-9-13-3-14(10-24)8-23(7-13,12-24)20(27)21(31)29-16(11-25)4-15-5-17(15)29/h13-18,20H,3-10,12,27H2,1-2H3,(H2,26,30). The highest BCUT2D eigenvalue weighted by atomic mass is 16.6. The minimum absolute atomic E-state index is 0.0923. The molecule has 6 aliphatic rings. The van der Waals surface area contributed by atoms with Gasteiger partial charge in [0.25, 0.3) is 0 Å². The summed E-state index contributed by atoms with van der Waals surface area (Å²) < 4.78 is 6.21. The van der Waals surface area contributed by atoms with Gasteiger partial charge >= 0.3 is 5.97 Å². The number of likely N-dealkylation sites (N-methyl/N-ethyl adjacent to an activating group) is 1. The molecule has 9 heteroatoms. The molecule has 0 aromatic carbocycles. The van der Waals surface area contributed by atoms with Gasteiger partial charge in [0.05, 0.1) is 18.5 Å². The van der Waals surface area contributed by atoms with Crippen LogP contribution in [0.2, 0.25) is 0 Å². The summed E-state index contributed by atoms with van der Waals surface area (Å²) in [5.41, 5.74) is 11.1. The van der Waals surface area contributed by atoms with Crippen LogP contribution in [0.3, 0.4) is 0 Å². The van der Waals surface area contributed by atoms with Gasteiger partial charge < -0.3 is 21.1 Å². The number of fused-ring (bicyclic) bond motifs is 1. The van der Waals surface area contributed by atoms with E-state index >= 15 is 0 Å². The van der Waals surface area contributed by atoms with Crippen molar-refractivity contribution < 1.29 is 19.1 Å². The van der Waals surface area contributed by atoms with Crippen LogP contribution in [-0.2, 0) is 19.1 Å². The van der Waals surface area contributed by atoms with E-state index in [0.717, 1.165) is 44.9 Å². The van der Waals surface area contributed by atoms with Gasteiger partial charge in [0.15, 0.2) is 0 Å². The summed E-state index contributed by atoms with van der Waals surface area (Å²) in [7, 11) is 3.47. The van der Waals surface area contributed by atoms with E-state index in [1.807, 2.05) is 0 Å². The number of piperidine rings is 1. The SMILES string of the molecule is CN(C)C(CC(N)=O)C(=O)OC12CC3CC(C1)CC(C(N)C(=O)N1C(C#N)CC4CC41)(C3)C2. The summed E-state index contributed by atoms with van der Waals surface area (Å²) >= 11 is 0. The van der Waals surface area contributed by atoms with E-state index in [4.69, 9.17) is 16.2 Å². The monoisotopic (exact) mass is 457 g/mol. The molecule has 2 amide bonds. The number of likely N-dealkylation sites (tertiary alicyclic amines) is 1. The van der Waals surface area contributed by atoms with Crippen molar-refractivity contribution in [3.8, 4) is 6.07 Å². The molecule has 6 fully saturated rings. The first-order valence-corrected chi connectivity index (χ1v) is 12.2. The van der Waals surface area contributed by atoms with E-state index in [1.165, 1.54) is 0 Å². The average molecular weight is 458 g/mol. The predicted molar refractivity (Wildman–Crippen MR) is 118 cm³/mol. The molecular formula is C24H35N5O4. The van der Waals surface area contributed by atoms with Crippen molar-refractivity contribution in [3.05, 3.63) is 0 Å². The molecule has 5 aliphatic carbocycles. The summed E-state index contributed by atoms with van der Waals surface area (Å²) in [5, 5.41) is 9.56. The molecule has 5 saturated carbocycles. The molecule has 4 N–H and O–H groups in total. The first-order valence-electron chi connectivity index (χ1n) is 12.2. The number of hydrogen-bond acceptors (Lipinski definition) is 7. The quantitative estimate of drug-likeness (QED) is 0.530. The Hall–Kier alpha value is -2.18. The van der Waals surface area contributed by atoms with Gasteiger partial charge in [-0.15, -0.1) is 0 Å². The molecular weight excluding hydrogens is 422 g/mol. The van der Waals surface area contributed by atoms with Crippen molar-refractivity contribution in [2.24, 2.45) is 34.6 Å². The zero-order valence-electron chi connectivity index (χ0n) is 19.5. The maximum atomic E-state index is 13.6. The van der Waals surface area contributed by atoms with Crippen LogP contribution in [0.25, 0.3) is 0 Å². The van der Waals surface area contributed by atoms with Crippen LogP contribution in [0.5, 0.6) is 0 Å². The van der Waals surface area contributed by atoms with Gasteiger partial charge in [0.1, 0.15) is 17.7 Å². The zero-order valence-corrected chi connectivity index (χ0v) is 19.5. The minimum atomic E-state index is -0.727. The first-order chi connectivity index (χ1) is 15.6. The molecule has 180 valence electrons. The second-order valence-electron chi connectivity index (χ2n) is 11.7. The summed E-state index contributed by atoms with van der Waals surface area (Å²) in [5.74, 6) is 0.103. The molecule has 1 saturated heterocycles. The maximum absolute atomic E-state index is 13.6. The second kappa shape index (κ2) is 7.67. The fourth-order valence-electron chi connectivity index (χ4n) is 7.99. The van der Waals surface area contributed by atoms with Crippen molar-refractivity contribution in [2.45, 2.75) is 87.6 Å². The Balaban J connectivity index is 1.37. The lowest BCUT2D eigenvalue weighted by Gasteiger charge is -2.62. The number of ether oxygens (including phenoxy) is 1. The summed E-state index contributed by atoms with van der Waals surface area (Å²) in [6.07, 6.45) is 6.59. The topological polar surface area (TPSA) is 143 Å². The Labute approximate surface area is 194 Å². The summed E-state index contributed by atoms with van der Waals surface area (Å²) in [6.45, 7) is 0. The largest absolute Gasteiger partial charge is 0.458 e. The van der Waals surface area contributed by atoms with Crippen molar-refractivity contribution in [1.82, 2.24) is 9.80 Å².